The van der Waals surface area contributed by atoms with Crippen LogP contribution in [0.15, 0.2) is 17.9 Å². The van der Waals surface area contributed by atoms with Crippen molar-refractivity contribution in [1.29, 1.82) is 0 Å². The standard InChI is InChI=1S/C11H13N5OS/c12-11-15-9(5-18-11)10(17)14-4-8-3-13-6-16(8)7-1-2-7/h3,5-7H,1-2,4H2,(H2,12,15)(H,14,17). The molecule has 1 fully saturated rings. The molecule has 0 spiro atoms. The van der Waals surface area contributed by atoms with Gasteiger partial charge in [-0.05, 0) is 12.8 Å². The molecule has 18 heavy (non-hydrogen) atoms. The third-order valence-electron chi connectivity index (χ3n) is 2.87. The zero-order valence-electron chi connectivity index (χ0n) is 9.67. The molecule has 0 bridgehead atoms. The van der Waals surface area contributed by atoms with E-state index in [1.165, 1.54) is 24.2 Å². The Hall–Kier alpha value is -1.89. The number of nitrogens with one attached hydrogen (secondary N) is 1. The predicted octanol–water partition coefficient (Wildman–Crippen LogP) is 1.19. The molecule has 0 unspecified atom stereocenters. The van der Waals surface area contributed by atoms with E-state index in [9.17, 15) is 4.79 Å². The molecule has 0 saturated heterocycles. The van der Waals surface area contributed by atoms with Gasteiger partial charge in [0.1, 0.15) is 5.69 Å². The molecule has 3 rings (SSSR count). The van der Waals surface area contributed by atoms with Crippen LogP contribution in [-0.4, -0.2) is 20.4 Å². The molecular formula is C11H13N5OS. The molecule has 1 saturated carbocycles. The summed E-state index contributed by atoms with van der Waals surface area (Å²) in [7, 11) is 0. The number of rotatable bonds is 4. The van der Waals surface area contributed by atoms with Crippen molar-refractivity contribution in [2.75, 3.05) is 5.73 Å². The van der Waals surface area contributed by atoms with Gasteiger partial charge in [0, 0.05) is 17.6 Å². The smallest absolute Gasteiger partial charge is 0.271 e. The SMILES string of the molecule is Nc1nc(C(=O)NCc2cncn2C2CC2)cs1. The summed E-state index contributed by atoms with van der Waals surface area (Å²) < 4.78 is 2.12. The number of anilines is 1. The van der Waals surface area contributed by atoms with Crippen molar-refractivity contribution >= 4 is 22.4 Å². The van der Waals surface area contributed by atoms with E-state index in [0.717, 1.165) is 5.69 Å². The largest absolute Gasteiger partial charge is 0.375 e. The number of aromatic nitrogens is 3. The third-order valence-corrected chi connectivity index (χ3v) is 3.55. The summed E-state index contributed by atoms with van der Waals surface area (Å²) in [6.45, 7) is 0.465. The molecule has 6 nitrogen and oxygen atoms in total. The average molecular weight is 263 g/mol. The lowest BCUT2D eigenvalue weighted by Crippen LogP contribution is -2.24. The number of nitrogens with zero attached hydrogens (tertiary/aromatic N) is 3. The van der Waals surface area contributed by atoms with Crippen molar-refractivity contribution in [2.45, 2.75) is 25.4 Å². The van der Waals surface area contributed by atoms with Crippen molar-refractivity contribution < 1.29 is 4.79 Å². The van der Waals surface area contributed by atoms with Gasteiger partial charge < -0.3 is 15.6 Å². The molecule has 2 aromatic rings. The molecule has 1 aliphatic carbocycles. The molecule has 0 radical (unpaired) electrons. The zero-order valence-corrected chi connectivity index (χ0v) is 10.5. The molecule has 94 valence electrons. The second-order valence-corrected chi connectivity index (χ2v) is 5.17. The molecule has 2 heterocycles. The van der Waals surface area contributed by atoms with Crippen LogP contribution in [0.25, 0.3) is 0 Å². The fourth-order valence-corrected chi connectivity index (χ4v) is 2.35. The molecule has 1 amide bonds. The van der Waals surface area contributed by atoms with Crippen molar-refractivity contribution in [3.05, 3.63) is 29.3 Å². The first-order valence-electron chi connectivity index (χ1n) is 5.74. The van der Waals surface area contributed by atoms with Gasteiger partial charge in [-0.2, -0.15) is 0 Å². The summed E-state index contributed by atoms with van der Waals surface area (Å²) >= 11 is 1.26. The van der Waals surface area contributed by atoms with Gasteiger partial charge in [-0.3, -0.25) is 4.79 Å². The third kappa shape index (κ3) is 2.21. The average Bonchev–Trinajstić information content (AvgIpc) is 2.94. The number of nitrogen functional groups attached to an aromatic ring is 1. The fraction of sp³-hybridized carbons (Fsp3) is 0.364. The highest BCUT2D eigenvalue weighted by molar-refractivity contribution is 7.13. The highest BCUT2D eigenvalue weighted by atomic mass is 32.1. The number of imidazole rings is 1. The van der Waals surface area contributed by atoms with Gasteiger partial charge in [0.25, 0.3) is 5.91 Å². The van der Waals surface area contributed by atoms with Crippen LogP contribution >= 0.6 is 11.3 Å². The van der Waals surface area contributed by atoms with E-state index >= 15 is 0 Å². The number of thiazole rings is 1. The second-order valence-electron chi connectivity index (χ2n) is 4.28. The van der Waals surface area contributed by atoms with Crippen molar-refractivity contribution in [3.63, 3.8) is 0 Å². The number of carbonyl (C=O) groups excluding carboxylic acids is 1. The normalized spacial score (nSPS) is 14.7. The Morgan fingerprint density at radius 2 is 2.44 bits per heavy atom. The Kier molecular flexibility index (Phi) is 2.75. The van der Waals surface area contributed by atoms with Crippen LogP contribution in [-0.2, 0) is 6.54 Å². The lowest BCUT2D eigenvalue weighted by Gasteiger charge is -2.07. The number of hydrogen-bond acceptors (Lipinski definition) is 5. The first-order chi connectivity index (χ1) is 8.74. The van der Waals surface area contributed by atoms with Crippen LogP contribution < -0.4 is 11.1 Å². The van der Waals surface area contributed by atoms with Crippen molar-refractivity contribution in [2.24, 2.45) is 0 Å². The maximum absolute atomic E-state index is 11.8. The van der Waals surface area contributed by atoms with Gasteiger partial charge in [-0.25, -0.2) is 9.97 Å². The Morgan fingerprint density at radius 3 is 3.11 bits per heavy atom. The quantitative estimate of drug-likeness (QED) is 0.867. The summed E-state index contributed by atoms with van der Waals surface area (Å²) in [5.74, 6) is -0.202. The zero-order chi connectivity index (χ0) is 12.5. The minimum Gasteiger partial charge on any atom is -0.375 e. The van der Waals surface area contributed by atoms with Gasteiger partial charge >= 0.3 is 0 Å². The van der Waals surface area contributed by atoms with Crippen molar-refractivity contribution in [3.8, 4) is 0 Å². The van der Waals surface area contributed by atoms with E-state index in [2.05, 4.69) is 19.9 Å². The number of hydrogen-bond donors (Lipinski definition) is 2. The minimum absolute atomic E-state index is 0.202. The van der Waals surface area contributed by atoms with Crippen LogP contribution in [0.3, 0.4) is 0 Å². The van der Waals surface area contributed by atoms with E-state index in [1.807, 2.05) is 6.33 Å². The van der Waals surface area contributed by atoms with Crippen LogP contribution in [0.1, 0.15) is 35.1 Å². The molecule has 0 aliphatic heterocycles. The first kappa shape index (κ1) is 11.2. The Labute approximate surface area is 108 Å². The van der Waals surface area contributed by atoms with Gasteiger partial charge in [-0.1, -0.05) is 0 Å². The molecule has 0 atom stereocenters. The van der Waals surface area contributed by atoms with Gasteiger partial charge in [0.2, 0.25) is 0 Å². The molecular weight excluding hydrogens is 250 g/mol. The molecule has 2 aromatic heterocycles. The maximum atomic E-state index is 11.8. The van der Waals surface area contributed by atoms with Crippen LogP contribution in [0, 0.1) is 0 Å². The highest BCUT2D eigenvalue weighted by Gasteiger charge is 2.25. The number of nitrogens with two attached hydrogens (primary N) is 1. The molecule has 7 heteroatoms. The molecule has 3 N–H and O–H groups in total. The Morgan fingerprint density at radius 1 is 1.61 bits per heavy atom. The second kappa shape index (κ2) is 4.41. The summed E-state index contributed by atoms with van der Waals surface area (Å²) in [6.07, 6.45) is 5.99. The topological polar surface area (TPSA) is 85.8 Å². The summed E-state index contributed by atoms with van der Waals surface area (Å²) in [5, 5.41) is 4.89. The van der Waals surface area contributed by atoms with Crippen LogP contribution in [0.2, 0.25) is 0 Å². The van der Waals surface area contributed by atoms with Crippen LogP contribution in [0.4, 0.5) is 5.13 Å². The summed E-state index contributed by atoms with van der Waals surface area (Å²) in [6, 6.07) is 0.564. The van der Waals surface area contributed by atoms with E-state index in [4.69, 9.17) is 5.73 Å². The van der Waals surface area contributed by atoms with E-state index in [0.29, 0.717) is 23.4 Å². The van der Waals surface area contributed by atoms with E-state index in [1.54, 1.807) is 11.6 Å². The highest BCUT2D eigenvalue weighted by Crippen LogP contribution is 2.35. The van der Waals surface area contributed by atoms with Gasteiger partial charge in [0.05, 0.1) is 18.6 Å². The summed E-state index contributed by atoms with van der Waals surface area (Å²) in [4.78, 5) is 19.9. The lowest BCUT2D eigenvalue weighted by molar-refractivity contribution is 0.0946. The van der Waals surface area contributed by atoms with Gasteiger partial charge in [0.15, 0.2) is 5.13 Å². The van der Waals surface area contributed by atoms with Crippen molar-refractivity contribution in [1.82, 2.24) is 19.9 Å². The molecule has 0 aromatic carbocycles. The minimum atomic E-state index is -0.202. The summed E-state index contributed by atoms with van der Waals surface area (Å²) in [5.41, 5.74) is 6.89. The predicted molar refractivity (Wildman–Crippen MR) is 68.2 cm³/mol. The van der Waals surface area contributed by atoms with E-state index < -0.39 is 0 Å². The van der Waals surface area contributed by atoms with E-state index in [-0.39, 0.29) is 5.91 Å². The Bertz CT molecular complexity index is 572. The maximum Gasteiger partial charge on any atom is 0.271 e. The monoisotopic (exact) mass is 263 g/mol. The van der Waals surface area contributed by atoms with Gasteiger partial charge in [-0.15, -0.1) is 11.3 Å². The molecule has 1 aliphatic rings. The number of amides is 1. The fourth-order valence-electron chi connectivity index (χ4n) is 1.80. The Balaban J connectivity index is 1.63. The van der Waals surface area contributed by atoms with Crippen LogP contribution in [0.5, 0.6) is 0 Å². The lowest BCUT2D eigenvalue weighted by atomic mass is 10.4. The number of carbonyl (C=O) groups is 1. The first-order valence-corrected chi connectivity index (χ1v) is 6.62.